The minimum atomic E-state index is 0.683. The van der Waals surface area contributed by atoms with Gasteiger partial charge in [0.15, 0.2) is 5.11 Å². The van der Waals surface area contributed by atoms with Gasteiger partial charge in [-0.1, -0.05) is 5.21 Å². The molecule has 1 aromatic rings. The first-order valence-corrected chi connectivity index (χ1v) is 4.59. The van der Waals surface area contributed by atoms with Crippen molar-refractivity contribution in [2.24, 2.45) is 0 Å². The third kappa shape index (κ3) is 3.84. The molecule has 0 saturated heterocycles. The molecule has 0 fully saturated rings. The molecule has 0 aliphatic rings. The van der Waals surface area contributed by atoms with Gasteiger partial charge in [-0.3, -0.25) is 4.68 Å². The third-order valence-corrected chi connectivity index (χ3v) is 1.72. The number of nitrogens with zero attached hydrogens (tertiary/aromatic N) is 3. The summed E-state index contributed by atoms with van der Waals surface area (Å²) in [4.78, 5) is 0. The lowest BCUT2D eigenvalue weighted by Crippen LogP contribution is -2.36. The van der Waals surface area contributed by atoms with Crippen LogP contribution in [0.25, 0.3) is 0 Å². The van der Waals surface area contributed by atoms with Gasteiger partial charge in [0, 0.05) is 19.3 Å². The smallest absolute Gasteiger partial charge is 0.166 e. The molecule has 0 amide bonds. The minimum absolute atomic E-state index is 0.683. The maximum atomic E-state index is 4.98. The average molecular weight is 199 g/mol. The van der Waals surface area contributed by atoms with Crippen LogP contribution in [0.1, 0.15) is 6.92 Å². The van der Waals surface area contributed by atoms with Gasteiger partial charge in [0.1, 0.15) is 0 Å². The summed E-state index contributed by atoms with van der Waals surface area (Å²) in [6.07, 6.45) is 3.47. The summed E-state index contributed by atoms with van der Waals surface area (Å²) >= 11 is 4.98. The molecular formula is C7H13N5S. The Bertz CT molecular complexity index is 245. The number of nitrogens with one attached hydrogen (secondary N) is 2. The molecule has 0 aliphatic carbocycles. The highest BCUT2D eigenvalue weighted by atomic mass is 32.1. The van der Waals surface area contributed by atoms with Crippen molar-refractivity contribution >= 4 is 17.3 Å². The fourth-order valence-electron chi connectivity index (χ4n) is 0.859. The van der Waals surface area contributed by atoms with Crippen LogP contribution in [-0.2, 0) is 6.54 Å². The first-order valence-electron chi connectivity index (χ1n) is 4.18. The molecule has 0 aliphatic heterocycles. The van der Waals surface area contributed by atoms with Crippen molar-refractivity contribution in [1.82, 2.24) is 25.6 Å². The van der Waals surface area contributed by atoms with Crippen molar-refractivity contribution in [2.45, 2.75) is 13.5 Å². The van der Waals surface area contributed by atoms with E-state index in [-0.39, 0.29) is 0 Å². The number of thiocarbonyl (C=S) groups is 1. The van der Waals surface area contributed by atoms with Gasteiger partial charge >= 0.3 is 0 Å². The molecule has 1 aromatic heterocycles. The third-order valence-electron chi connectivity index (χ3n) is 1.44. The predicted octanol–water partition coefficient (Wildman–Crippen LogP) is -0.238. The highest BCUT2D eigenvalue weighted by Crippen LogP contribution is 1.78. The molecule has 1 rings (SSSR count). The van der Waals surface area contributed by atoms with Crippen LogP contribution in [0.3, 0.4) is 0 Å². The van der Waals surface area contributed by atoms with Crippen molar-refractivity contribution in [3.05, 3.63) is 12.4 Å². The molecule has 0 bridgehead atoms. The standard InChI is InChI=1S/C7H13N5S/c1-2-8-7(13)9-3-5-12-6-4-10-11-12/h4,6H,2-3,5H2,1H3,(H2,8,9,13). The van der Waals surface area contributed by atoms with Crippen LogP contribution in [0.4, 0.5) is 0 Å². The lowest BCUT2D eigenvalue weighted by atomic mass is 10.6. The van der Waals surface area contributed by atoms with Gasteiger partial charge in [-0.15, -0.1) is 5.10 Å². The predicted molar refractivity (Wildman–Crippen MR) is 54.3 cm³/mol. The van der Waals surface area contributed by atoms with Crippen molar-refractivity contribution in [3.8, 4) is 0 Å². The number of hydrogen-bond acceptors (Lipinski definition) is 3. The van der Waals surface area contributed by atoms with Crippen molar-refractivity contribution in [3.63, 3.8) is 0 Å². The summed E-state index contributed by atoms with van der Waals surface area (Å²) in [6, 6.07) is 0. The first kappa shape index (κ1) is 9.91. The summed E-state index contributed by atoms with van der Waals surface area (Å²) in [6.45, 7) is 4.38. The van der Waals surface area contributed by atoms with E-state index in [4.69, 9.17) is 12.2 Å². The highest BCUT2D eigenvalue weighted by molar-refractivity contribution is 7.80. The Morgan fingerprint density at radius 1 is 1.54 bits per heavy atom. The lowest BCUT2D eigenvalue weighted by molar-refractivity contribution is 0.578. The van der Waals surface area contributed by atoms with Crippen LogP contribution in [0.15, 0.2) is 12.4 Å². The van der Waals surface area contributed by atoms with E-state index in [0.29, 0.717) is 5.11 Å². The van der Waals surface area contributed by atoms with Gasteiger partial charge in [0.05, 0.1) is 12.7 Å². The molecule has 2 N–H and O–H groups in total. The molecule has 0 radical (unpaired) electrons. The molecule has 72 valence electrons. The summed E-state index contributed by atoms with van der Waals surface area (Å²) < 4.78 is 1.75. The quantitative estimate of drug-likeness (QED) is 0.656. The second kappa shape index (κ2) is 5.47. The molecule has 0 spiro atoms. The molecule has 5 nitrogen and oxygen atoms in total. The van der Waals surface area contributed by atoms with E-state index in [1.165, 1.54) is 0 Å². The van der Waals surface area contributed by atoms with E-state index in [0.717, 1.165) is 19.6 Å². The SMILES string of the molecule is CCNC(=S)NCCn1ccnn1. The van der Waals surface area contributed by atoms with E-state index in [1.807, 2.05) is 13.1 Å². The van der Waals surface area contributed by atoms with E-state index in [9.17, 15) is 0 Å². The topological polar surface area (TPSA) is 54.8 Å². The summed E-state index contributed by atoms with van der Waals surface area (Å²) in [5, 5.41) is 14.3. The number of hydrogen-bond donors (Lipinski definition) is 2. The zero-order valence-electron chi connectivity index (χ0n) is 7.53. The van der Waals surface area contributed by atoms with Gasteiger partial charge in [-0.25, -0.2) is 0 Å². The molecular weight excluding hydrogens is 186 g/mol. The molecule has 13 heavy (non-hydrogen) atoms. The van der Waals surface area contributed by atoms with Gasteiger partial charge < -0.3 is 10.6 Å². The van der Waals surface area contributed by atoms with Crippen LogP contribution in [0, 0.1) is 0 Å². The van der Waals surface area contributed by atoms with Crippen LogP contribution < -0.4 is 10.6 Å². The van der Waals surface area contributed by atoms with Gasteiger partial charge in [-0.2, -0.15) is 0 Å². The average Bonchev–Trinajstić information content (AvgIpc) is 2.57. The Kier molecular flexibility index (Phi) is 4.17. The number of aromatic nitrogens is 3. The van der Waals surface area contributed by atoms with E-state index >= 15 is 0 Å². The van der Waals surface area contributed by atoms with Crippen LogP contribution in [-0.4, -0.2) is 33.2 Å². The Morgan fingerprint density at radius 2 is 2.38 bits per heavy atom. The normalized spacial score (nSPS) is 9.62. The van der Waals surface area contributed by atoms with Gasteiger partial charge in [0.2, 0.25) is 0 Å². The maximum Gasteiger partial charge on any atom is 0.166 e. The Morgan fingerprint density at radius 3 is 3.00 bits per heavy atom. The zero-order valence-corrected chi connectivity index (χ0v) is 8.34. The fraction of sp³-hybridized carbons (Fsp3) is 0.571. The second-order valence-electron chi connectivity index (χ2n) is 2.45. The van der Waals surface area contributed by atoms with Crippen molar-refractivity contribution < 1.29 is 0 Å². The summed E-state index contributed by atoms with van der Waals surface area (Å²) in [7, 11) is 0. The van der Waals surface area contributed by atoms with Crippen LogP contribution in [0.5, 0.6) is 0 Å². The van der Waals surface area contributed by atoms with Crippen LogP contribution in [0.2, 0.25) is 0 Å². The van der Waals surface area contributed by atoms with E-state index in [1.54, 1.807) is 10.9 Å². The highest BCUT2D eigenvalue weighted by Gasteiger charge is 1.93. The van der Waals surface area contributed by atoms with E-state index in [2.05, 4.69) is 20.9 Å². The molecule has 0 atom stereocenters. The maximum absolute atomic E-state index is 4.98. The van der Waals surface area contributed by atoms with Crippen LogP contribution >= 0.6 is 12.2 Å². The zero-order chi connectivity index (χ0) is 9.52. The fourth-order valence-corrected chi connectivity index (χ4v) is 1.11. The molecule has 6 heteroatoms. The van der Waals surface area contributed by atoms with Gasteiger partial charge in [0.25, 0.3) is 0 Å². The number of rotatable bonds is 4. The Balaban J connectivity index is 2.11. The monoisotopic (exact) mass is 199 g/mol. The largest absolute Gasteiger partial charge is 0.363 e. The molecule has 0 unspecified atom stereocenters. The molecule has 0 aromatic carbocycles. The molecule has 1 heterocycles. The first-order chi connectivity index (χ1) is 6.33. The summed E-state index contributed by atoms with van der Waals surface area (Å²) in [5.41, 5.74) is 0. The Hall–Kier alpha value is -1.17. The lowest BCUT2D eigenvalue weighted by Gasteiger charge is -2.07. The van der Waals surface area contributed by atoms with Gasteiger partial charge in [-0.05, 0) is 19.1 Å². The summed E-state index contributed by atoms with van der Waals surface area (Å²) in [5.74, 6) is 0. The van der Waals surface area contributed by atoms with Crippen molar-refractivity contribution in [1.29, 1.82) is 0 Å². The minimum Gasteiger partial charge on any atom is -0.363 e. The van der Waals surface area contributed by atoms with E-state index < -0.39 is 0 Å². The van der Waals surface area contributed by atoms with Crippen molar-refractivity contribution in [2.75, 3.05) is 13.1 Å². The Labute approximate surface area is 82.5 Å². The second-order valence-corrected chi connectivity index (χ2v) is 2.86. The molecule has 0 saturated carbocycles.